The van der Waals surface area contributed by atoms with Crippen LogP contribution in [0.5, 0.6) is 11.5 Å². The van der Waals surface area contributed by atoms with Gasteiger partial charge in [-0.15, -0.1) is 0 Å². The van der Waals surface area contributed by atoms with E-state index in [0.29, 0.717) is 6.54 Å². The van der Waals surface area contributed by atoms with E-state index in [2.05, 4.69) is 5.32 Å². The van der Waals surface area contributed by atoms with Gasteiger partial charge in [0.2, 0.25) is 0 Å². The summed E-state index contributed by atoms with van der Waals surface area (Å²) < 4.78 is 10.9. The number of benzene rings is 1. The summed E-state index contributed by atoms with van der Waals surface area (Å²) in [5.74, 6) is 1.50. The molecule has 0 amide bonds. The van der Waals surface area contributed by atoms with Crippen LogP contribution in [0.15, 0.2) is 18.2 Å². The minimum atomic E-state index is 0.0267. The van der Waals surface area contributed by atoms with Gasteiger partial charge in [0.15, 0.2) is 11.5 Å². The molecule has 0 saturated heterocycles. The molecule has 0 saturated carbocycles. The van der Waals surface area contributed by atoms with Gasteiger partial charge in [-0.25, -0.2) is 0 Å². The molecule has 0 bridgehead atoms. The monoisotopic (exact) mass is 194 g/mol. The van der Waals surface area contributed by atoms with Crippen LogP contribution in [-0.4, -0.2) is 26.3 Å². The number of hydrogen-bond acceptors (Lipinski definition) is 4. The number of fused-ring (bicyclic) bond motifs is 1. The highest BCUT2D eigenvalue weighted by Crippen LogP contribution is 2.37. The van der Waals surface area contributed by atoms with Gasteiger partial charge in [-0.05, 0) is 12.1 Å². The van der Waals surface area contributed by atoms with E-state index in [1.54, 1.807) is 7.11 Å². The molecule has 1 aromatic carbocycles. The van der Waals surface area contributed by atoms with E-state index in [0.717, 1.165) is 23.7 Å². The molecule has 3 N–H and O–H groups in total. The van der Waals surface area contributed by atoms with Gasteiger partial charge < -0.3 is 20.5 Å². The van der Waals surface area contributed by atoms with E-state index < -0.39 is 0 Å². The molecule has 1 aliphatic rings. The van der Waals surface area contributed by atoms with Crippen molar-refractivity contribution in [3.63, 3.8) is 0 Å². The molecule has 1 atom stereocenters. The first kappa shape index (κ1) is 9.15. The lowest BCUT2D eigenvalue weighted by atomic mass is 10.2. The molecule has 1 heterocycles. The van der Waals surface area contributed by atoms with E-state index in [1.807, 2.05) is 18.2 Å². The summed E-state index contributed by atoms with van der Waals surface area (Å²) in [6.07, 6.45) is 0.0267. The van der Waals surface area contributed by atoms with E-state index in [4.69, 9.17) is 15.2 Å². The Hall–Kier alpha value is -1.42. The highest BCUT2D eigenvalue weighted by molar-refractivity contribution is 5.64. The van der Waals surface area contributed by atoms with Crippen molar-refractivity contribution in [2.24, 2.45) is 5.73 Å². The zero-order valence-electron chi connectivity index (χ0n) is 8.12. The SMILES string of the molecule is COc1cccc2c1OC(CN)CN2. The summed E-state index contributed by atoms with van der Waals surface area (Å²) in [6, 6.07) is 5.76. The van der Waals surface area contributed by atoms with Crippen molar-refractivity contribution >= 4 is 5.69 Å². The van der Waals surface area contributed by atoms with Crippen LogP contribution in [0.25, 0.3) is 0 Å². The number of hydrogen-bond donors (Lipinski definition) is 2. The van der Waals surface area contributed by atoms with Crippen molar-refractivity contribution in [3.05, 3.63) is 18.2 Å². The molecule has 0 aliphatic carbocycles. The summed E-state index contributed by atoms with van der Waals surface area (Å²) in [5.41, 5.74) is 6.51. The second-order valence-electron chi connectivity index (χ2n) is 3.19. The topological polar surface area (TPSA) is 56.5 Å². The van der Waals surface area contributed by atoms with Crippen molar-refractivity contribution in [1.82, 2.24) is 0 Å². The second kappa shape index (κ2) is 3.75. The van der Waals surface area contributed by atoms with E-state index in [9.17, 15) is 0 Å². The molecule has 76 valence electrons. The number of nitrogens with two attached hydrogens (primary N) is 1. The lowest BCUT2D eigenvalue weighted by molar-refractivity contribution is 0.204. The van der Waals surface area contributed by atoms with Crippen molar-refractivity contribution in [1.29, 1.82) is 0 Å². The molecule has 4 heteroatoms. The van der Waals surface area contributed by atoms with Crippen LogP contribution in [0.4, 0.5) is 5.69 Å². The molecular formula is C10H14N2O2. The third kappa shape index (κ3) is 1.48. The smallest absolute Gasteiger partial charge is 0.184 e. The average Bonchev–Trinajstić information content (AvgIpc) is 2.27. The highest BCUT2D eigenvalue weighted by atomic mass is 16.5. The van der Waals surface area contributed by atoms with Crippen LogP contribution in [0.2, 0.25) is 0 Å². The van der Waals surface area contributed by atoms with Crippen molar-refractivity contribution in [2.75, 3.05) is 25.5 Å². The molecule has 1 aliphatic heterocycles. The van der Waals surface area contributed by atoms with Gasteiger partial charge in [-0.1, -0.05) is 6.07 Å². The molecule has 0 radical (unpaired) electrons. The third-order valence-corrected chi connectivity index (χ3v) is 2.27. The van der Waals surface area contributed by atoms with Crippen LogP contribution in [0.3, 0.4) is 0 Å². The van der Waals surface area contributed by atoms with Gasteiger partial charge in [-0.2, -0.15) is 0 Å². The number of para-hydroxylation sites is 1. The molecule has 1 unspecified atom stereocenters. The lowest BCUT2D eigenvalue weighted by Crippen LogP contribution is -2.37. The minimum Gasteiger partial charge on any atom is -0.493 e. The van der Waals surface area contributed by atoms with Crippen molar-refractivity contribution in [3.8, 4) is 11.5 Å². The van der Waals surface area contributed by atoms with Crippen LogP contribution in [0, 0.1) is 0 Å². The Morgan fingerprint density at radius 2 is 2.50 bits per heavy atom. The van der Waals surface area contributed by atoms with E-state index in [1.165, 1.54) is 0 Å². The molecule has 0 fully saturated rings. The van der Waals surface area contributed by atoms with Gasteiger partial charge in [0.1, 0.15) is 6.10 Å². The Morgan fingerprint density at radius 1 is 1.64 bits per heavy atom. The number of ether oxygens (including phenoxy) is 2. The Labute approximate surface area is 83.0 Å². The maximum atomic E-state index is 5.69. The normalized spacial score (nSPS) is 19.1. The van der Waals surface area contributed by atoms with Gasteiger partial charge in [0, 0.05) is 6.54 Å². The van der Waals surface area contributed by atoms with Crippen LogP contribution in [-0.2, 0) is 0 Å². The molecule has 0 spiro atoms. The Kier molecular flexibility index (Phi) is 2.45. The molecule has 4 nitrogen and oxygen atoms in total. The Morgan fingerprint density at radius 3 is 3.21 bits per heavy atom. The number of methoxy groups -OCH3 is 1. The summed E-state index contributed by atoms with van der Waals surface area (Å²) in [6.45, 7) is 1.25. The number of nitrogens with one attached hydrogen (secondary N) is 1. The first-order valence-corrected chi connectivity index (χ1v) is 4.62. The standard InChI is InChI=1S/C10H14N2O2/c1-13-9-4-2-3-8-10(9)14-7(5-11)6-12-8/h2-4,7,12H,5-6,11H2,1H3. The largest absolute Gasteiger partial charge is 0.493 e. The fourth-order valence-electron chi connectivity index (χ4n) is 1.50. The first-order valence-electron chi connectivity index (χ1n) is 4.62. The summed E-state index contributed by atoms with van der Waals surface area (Å²) in [7, 11) is 1.63. The van der Waals surface area contributed by atoms with Gasteiger partial charge in [-0.3, -0.25) is 0 Å². The Bertz CT molecular complexity index is 314. The predicted molar refractivity (Wildman–Crippen MR) is 55.0 cm³/mol. The van der Waals surface area contributed by atoms with E-state index in [-0.39, 0.29) is 6.10 Å². The fraction of sp³-hybridized carbons (Fsp3) is 0.400. The molecule has 1 aromatic rings. The molecule has 2 rings (SSSR count). The van der Waals surface area contributed by atoms with Crippen molar-refractivity contribution in [2.45, 2.75) is 6.10 Å². The third-order valence-electron chi connectivity index (χ3n) is 2.27. The predicted octanol–water partition coefficient (Wildman–Crippen LogP) is 0.827. The summed E-state index contributed by atoms with van der Waals surface area (Å²) >= 11 is 0. The Balaban J connectivity index is 2.33. The molecular weight excluding hydrogens is 180 g/mol. The van der Waals surface area contributed by atoms with Gasteiger partial charge in [0.25, 0.3) is 0 Å². The van der Waals surface area contributed by atoms with Crippen LogP contribution < -0.4 is 20.5 Å². The highest BCUT2D eigenvalue weighted by Gasteiger charge is 2.20. The molecule has 0 aromatic heterocycles. The quantitative estimate of drug-likeness (QED) is 0.732. The first-order chi connectivity index (χ1) is 6.85. The van der Waals surface area contributed by atoms with E-state index >= 15 is 0 Å². The summed E-state index contributed by atoms with van der Waals surface area (Å²) in [5, 5.41) is 3.25. The summed E-state index contributed by atoms with van der Waals surface area (Å²) in [4.78, 5) is 0. The number of anilines is 1. The maximum absolute atomic E-state index is 5.69. The zero-order chi connectivity index (χ0) is 9.97. The fourth-order valence-corrected chi connectivity index (χ4v) is 1.50. The lowest BCUT2D eigenvalue weighted by Gasteiger charge is -2.27. The van der Waals surface area contributed by atoms with Crippen LogP contribution in [0.1, 0.15) is 0 Å². The van der Waals surface area contributed by atoms with Crippen molar-refractivity contribution < 1.29 is 9.47 Å². The average molecular weight is 194 g/mol. The second-order valence-corrected chi connectivity index (χ2v) is 3.19. The number of rotatable bonds is 2. The maximum Gasteiger partial charge on any atom is 0.184 e. The van der Waals surface area contributed by atoms with Gasteiger partial charge >= 0.3 is 0 Å². The molecule has 14 heavy (non-hydrogen) atoms. The van der Waals surface area contributed by atoms with Crippen LogP contribution >= 0.6 is 0 Å². The zero-order valence-corrected chi connectivity index (χ0v) is 8.12. The van der Waals surface area contributed by atoms with Gasteiger partial charge in [0.05, 0.1) is 19.3 Å². The minimum absolute atomic E-state index is 0.0267.